The normalized spacial score (nSPS) is 20.1. The summed E-state index contributed by atoms with van der Waals surface area (Å²) in [4.78, 5) is 4.69. The Morgan fingerprint density at radius 1 is 1.35 bits per heavy atom. The van der Waals surface area contributed by atoms with E-state index >= 15 is 0 Å². The first-order chi connectivity index (χ1) is 8.31. The first kappa shape index (κ1) is 13.0. The summed E-state index contributed by atoms with van der Waals surface area (Å²) >= 11 is 1.78. The van der Waals surface area contributed by atoms with Crippen LogP contribution in [-0.2, 0) is 0 Å². The highest BCUT2D eigenvalue weighted by Crippen LogP contribution is 2.33. The largest absolute Gasteiger partial charge is 0.309 e. The van der Waals surface area contributed by atoms with Gasteiger partial charge in [-0.1, -0.05) is 32.6 Å². The second-order valence-electron chi connectivity index (χ2n) is 5.08. The lowest BCUT2D eigenvalue weighted by Gasteiger charge is -2.25. The molecule has 1 atom stereocenters. The molecule has 2 rings (SSSR count). The van der Waals surface area contributed by atoms with Crippen LogP contribution < -0.4 is 5.32 Å². The van der Waals surface area contributed by atoms with Gasteiger partial charge in [-0.05, 0) is 32.2 Å². The van der Waals surface area contributed by atoms with Gasteiger partial charge in [0.15, 0.2) is 0 Å². The van der Waals surface area contributed by atoms with Crippen molar-refractivity contribution in [3.8, 4) is 0 Å². The molecule has 1 aliphatic carbocycles. The van der Waals surface area contributed by atoms with Crippen LogP contribution in [0.1, 0.15) is 62.2 Å². The van der Waals surface area contributed by atoms with Crippen molar-refractivity contribution < 1.29 is 0 Å². The molecule has 2 nitrogen and oxygen atoms in total. The maximum Gasteiger partial charge on any atom is 0.0898 e. The molecule has 0 amide bonds. The van der Waals surface area contributed by atoms with E-state index in [0.29, 0.717) is 6.04 Å². The number of aryl methyl sites for hydroxylation is 1. The van der Waals surface area contributed by atoms with Crippen molar-refractivity contribution in [1.29, 1.82) is 0 Å². The third-order valence-corrected chi connectivity index (χ3v) is 4.54. The lowest BCUT2D eigenvalue weighted by Crippen LogP contribution is -2.28. The molecule has 0 aromatic carbocycles. The maximum absolute atomic E-state index is 4.69. The molecule has 1 aromatic heterocycles. The summed E-state index contributed by atoms with van der Waals surface area (Å²) in [7, 11) is 0. The van der Waals surface area contributed by atoms with Crippen LogP contribution in [0.5, 0.6) is 0 Å². The van der Waals surface area contributed by atoms with Gasteiger partial charge < -0.3 is 5.32 Å². The Morgan fingerprint density at radius 3 is 2.59 bits per heavy atom. The zero-order valence-electron chi connectivity index (χ0n) is 11.0. The lowest BCUT2D eigenvalue weighted by molar-refractivity contribution is 0.325. The van der Waals surface area contributed by atoms with E-state index in [-0.39, 0.29) is 0 Å². The molecular weight excluding hydrogens is 228 g/mol. The second-order valence-corrected chi connectivity index (χ2v) is 6.14. The van der Waals surface area contributed by atoms with Gasteiger partial charge in [-0.25, -0.2) is 4.98 Å². The van der Waals surface area contributed by atoms with Gasteiger partial charge in [-0.3, -0.25) is 0 Å². The molecular formula is C14H24N2S. The van der Waals surface area contributed by atoms with Crippen molar-refractivity contribution in [2.24, 2.45) is 5.92 Å². The van der Waals surface area contributed by atoms with Gasteiger partial charge in [0.05, 0.1) is 16.7 Å². The molecule has 1 saturated carbocycles. The van der Waals surface area contributed by atoms with Crippen LogP contribution in [0.15, 0.2) is 5.38 Å². The smallest absolute Gasteiger partial charge is 0.0898 e. The average molecular weight is 252 g/mol. The predicted molar refractivity (Wildman–Crippen MR) is 74.5 cm³/mol. The average Bonchev–Trinajstić information content (AvgIpc) is 2.60. The quantitative estimate of drug-likeness (QED) is 0.817. The molecule has 0 radical (unpaired) electrons. The molecule has 1 aromatic rings. The SMILES string of the molecule is CCNC(c1csc(C)n1)C1CCCCCC1. The van der Waals surface area contributed by atoms with Crippen LogP contribution in [0.2, 0.25) is 0 Å². The van der Waals surface area contributed by atoms with Crippen molar-refractivity contribution in [3.05, 3.63) is 16.1 Å². The Morgan fingerprint density at radius 2 is 2.06 bits per heavy atom. The highest BCUT2D eigenvalue weighted by molar-refractivity contribution is 7.09. The van der Waals surface area contributed by atoms with Crippen LogP contribution in [0.3, 0.4) is 0 Å². The molecule has 0 aliphatic heterocycles. The van der Waals surface area contributed by atoms with E-state index in [1.807, 2.05) is 0 Å². The van der Waals surface area contributed by atoms with Crippen LogP contribution in [-0.4, -0.2) is 11.5 Å². The molecule has 3 heteroatoms. The Bertz CT molecular complexity index is 327. The van der Waals surface area contributed by atoms with Crippen molar-refractivity contribution in [3.63, 3.8) is 0 Å². The lowest BCUT2D eigenvalue weighted by atomic mass is 9.90. The van der Waals surface area contributed by atoms with Gasteiger partial charge in [0.1, 0.15) is 0 Å². The number of hydrogen-bond acceptors (Lipinski definition) is 3. The highest BCUT2D eigenvalue weighted by atomic mass is 32.1. The number of hydrogen-bond donors (Lipinski definition) is 1. The summed E-state index contributed by atoms with van der Waals surface area (Å²) < 4.78 is 0. The number of nitrogens with zero attached hydrogens (tertiary/aromatic N) is 1. The Labute approximate surface area is 109 Å². The van der Waals surface area contributed by atoms with Crippen LogP contribution in [0, 0.1) is 12.8 Å². The summed E-state index contributed by atoms with van der Waals surface area (Å²) in [5.41, 5.74) is 1.28. The predicted octanol–water partition coefficient (Wildman–Crippen LogP) is 4.07. The molecule has 0 saturated heterocycles. The van der Waals surface area contributed by atoms with E-state index < -0.39 is 0 Å². The zero-order valence-corrected chi connectivity index (χ0v) is 11.9. The first-order valence-electron chi connectivity index (χ1n) is 6.96. The monoisotopic (exact) mass is 252 g/mol. The van der Waals surface area contributed by atoms with Crippen molar-refractivity contribution >= 4 is 11.3 Å². The molecule has 1 fully saturated rings. The van der Waals surface area contributed by atoms with Gasteiger partial charge in [-0.2, -0.15) is 0 Å². The zero-order chi connectivity index (χ0) is 12.1. The van der Waals surface area contributed by atoms with Crippen molar-refractivity contribution in [2.75, 3.05) is 6.54 Å². The van der Waals surface area contributed by atoms with Crippen molar-refractivity contribution in [1.82, 2.24) is 10.3 Å². The molecule has 96 valence electrons. The Balaban J connectivity index is 2.09. The number of nitrogens with one attached hydrogen (secondary N) is 1. The minimum absolute atomic E-state index is 0.489. The van der Waals surface area contributed by atoms with Gasteiger partial charge in [0, 0.05) is 5.38 Å². The van der Waals surface area contributed by atoms with Gasteiger partial charge >= 0.3 is 0 Å². The summed E-state index contributed by atoms with van der Waals surface area (Å²) in [5.74, 6) is 0.791. The standard InChI is InChI=1S/C14H24N2S/c1-3-15-14(13-10-17-11(2)16-13)12-8-6-4-5-7-9-12/h10,12,14-15H,3-9H2,1-2H3. The number of aromatic nitrogens is 1. The number of rotatable bonds is 4. The van der Waals surface area contributed by atoms with E-state index in [1.54, 1.807) is 11.3 Å². The summed E-state index contributed by atoms with van der Waals surface area (Å²) in [6.07, 6.45) is 8.38. The van der Waals surface area contributed by atoms with E-state index in [9.17, 15) is 0 Å². The topological polar surface area (TPSA) is 24.9 Å². The minimum Gasteiger partial charge on any atom is -0.309 e. The van der Waals surface area contributed by atoms with E-state index in [0.717, 1.165) is 12.5 Å². The summed E-state index contributed by atoms with van der Waals surface area (Å²) in [6.45, 7) is 5.34. The second kappa shape index (κ2) is 6.50. The third-order valence-electron chi connectivity index (χ3n) is 3.75. The summed E-state index contributed by atoms with van der Waals surface area (Å²) in [5, 5.41) is 7.09. The number of thiazole rings is 1. The fourth-order valence-electron chi connectivity index (χ4n) is 2.90. The molecule has 1 N–H and O–H groups in total. The maximum atomic E-state index is 4.69. The third kappa shape index (κ3) is 3.52. The fourth-order valence-corrected chi connectivity index (χ4v) is 3.55. The molecule has 17 heavy (non-hydrogen) atoms. The van der Waals surface area contributed by atoms with Gasteiger partial charge in [0.2, 0.25) is 0 Å². The molecule has 0 bridgehead atoms. The van der Waals surface area contributed by atoms with E-state index in [1.165, 1.54) is 49.2 Å². The Hall–Kier alpha value is -0.410. The Kier molecular flexibility index (Phi) is 4.99. The van der Waals surface area contributed by atoms with E-state index in [2.05, 4.69) is 24.5 Å². The van der Waals surface area contributed by atoms with Crippen LogP contribution >= 0.6 is 11.3 Å². The van der Waals surface area contributed by atoms with Crippen LogP contribution in [0.4, 0.5) is 0 Å². The van der Waals surface area contributed by atoms with Gasteiger partial charge in [-0.15, -0.1) is 11.3 Å². The molecule has 1 unspecified atom stereocenters. The fraction of sp³-hybridized carbons (Fsp3) is 0.786. The van der Waals surface area contributed by atoms with E-state index in [4.69, 9.17) is 4.98 Å². The highest BCUT2D eigenvalue weighted by Gasteiger charge is 2.25. The van der Waals surface area contributed by atoms with Crippen LogP contribution in [0.25, 0.3) is 0 Å². The molecule has 1 heterocycles. The summed E-state index contributed by atoms with van der Waals surface area (Å²) in [6, 6.07) is 0.489. The molecule has 0 spiro atoms. The minimum atomic E-state index is 0.489. The van der Waals surface area contributed by atoms with Crippen molar-refractivity contribution in [2.45, 2.75) is 58.4 Å². The first-order valence-corrected chi connectivity index (χ1v) is 7.84. The van der Waals surface area contributed by atoms with Gasteiger partial charge in [0.25, 0.3) is 0 Å². The molecule has 1 aliphatic rings.